The van der Waals surface area contributed by atoms with Crippen molar-refractivity contribution >= 4 is 46.0 Å². The molecule has 1 amide bonds. The molecule has 0 saturated heterocycles. The Bertz CT molecular complexity index is 1330. The topological polar surface area (TPSA) is 109 Å². The highest BCUT2D eigenvalue weighted by atomic mass is 35.5. The molecule has 4 aromatic rings. The molecule has 10 heteroatoms. The van der Waals surface area contributed by atoms with Gasteiger partial charge >= 0.3 is 0 Å². The lowest BCUT2D eigenvalue weighted by molar-refractivity contribution is -0.113. The lowest BCUT2D eigenvalue weighted by Gasteiger charge is -2.14. The van der Waals surface area contributed by atoms with Crippen molar-refractivity contribution in [2.24, 2.45) is 0 Å². The summed E-state index contributed by atoms with van der Waals surface area (Å²) in [7, 11) is 1.59. The van der Waals surface area contributed by atoms with Gasteiger partial charge in [-0.2, -0.15) is 5.10 Å². The summed E-state index contributed by atoms with van der Waals surface area (Å²) in [6.45, 7) is 1.84. The molecular weight excluding hydrogens is 436 g/mol. The molecule has 3 N–H and O–H groups in total. The third kappa shape index (κ3) is 4.28. The van der Waals surface area contributed by atoms with Crippen molar-refractivity contribution in [3.8, 4) is 11.4 Å². The number of methoxy groups -OCH3 is 1. The summed E-state index contributed by atoms with van der Waals surface area (Å²) in [6.07, 6.45) is 0. The van der Waals surface area contributed by atoms with Crippen LogP contribution in [0.3, 0.4) is 0 Å². The predicted octanol–water partition coefficient (Wildman–Crippen LogP) is 3.93. The van der Waals surface area contributed by atoms with E-state index in [-0.39, 0.29) is 17.1 Å². The number of nitrogens with zero attached hydrogens (tertiary/aromatic N) is 3. The molecule has 0 spiro atoms. The summed E-state index contributed by atoms with van der Waals surface area (Å²) in [5, 5.41) is 20.2. The van der Waals surface area contributed by atoms with Crippen LogP contribution in [-0.4, -0.2) is 38.5 Å². The number of ether oxygens (including phenoxy) is 1. The number of carbonyl (C=O) groups excluding carboxylic acids is 1. The average Bonchev–Trinajstić information content (AvgIpc) is 3.15. The van der Waals surface area contributed by atoms with E-state index in [1.165, 1.54) is 11.8 Å². The number of aryl methyl sites for hydroxylation is 1. The van der Waals surface area contributed by atoms with Gasteiger partial charge in [0.25, 0.3) is 0 Å². The largest absolute Gasteiger partial charge is 0.497 e. The molecule has 0 unspecified atom stereocenters. The van der Waals surface area contributed by atoms with Crippen LogP contribution in [-0.2, 0) is 4.79 Å². The van der Waals surface area contributed by atoms with E-state index in [4.69, 9.17) is 21.7 Å². The number of carbonyl (C=O) groups is 1. The first-order valence-electron chi connectivity index (χ1n) is 9.32. The molecule has 0 aliphatic rings. The average molecular weight is 455 g/mol. The number of rotatable bonds is 6. The second-order valence-electron chi connectivity index (χ2n) is 6.64. The van der Waals surface area contributed by atoms with E-state index in [2.05, 4.69) is 20.5 Å². The van der Waals surface area contributed by atoms with Crippen molar-refractivity contribution in [3.05, 3.63) is 64.7 Å². The molecule has 8 nitrogen and oxygen atoms in total. The first-order chi connectivity index (χ1) is 15.0. The van der Waals surface area contributed by atoms with E-state index in [1.807, 2.05) is 31.2 Å². The van der Waals surface area contributed by atoms with Gasteiger partial charge in [0.2, 0.25) is 5.91 Å². The smallest absolute Gasteiger partial charge is 0.234 e. The van der Waals surface area contributed by atoms with Gasteiger partial charge in [0, 0.05) is 11.8 Å². The van der Waals surface area contributed by atoms with Crippen molar-refractivity contribution < 1.29 is 9.53 Å². The van der Waals surface area contributed by atoms with Gasteiger partial charge < -0.3 is 10.1 Å². The Labute approximate surface area is 187 Å². The van der Waals surface area contributed by atoms with Gasteiger partial charge in [0.15, 0.2) is 10.8 Å². The zero-order valence-electron chi connectivity index (χ0n) is 16.8. The second kappa shape index (κ2) is 8.83. The third-order valence-corrected chi connectivity index (χ3v) is 5.84. The van der Waals surface area contributed by atoms with E-state index < -0.39 is 0 Å². The summed E-state index contributed by atoms with van der Waals surface area (Å²) in [5.74, 6) is 0.499. The summed E-state index contributed by atoms with van der Waals surface area (Å²) in [6, 6.07) is 14.4. The van der Waals surface area contributed by atoms with Crippen molar-refractivity contribution in [2.75, 3.05) is 18.2 Å². The molecule has 31 heavy (non-hydrogen) atoms. The molecule has 0 aliphatic heterocycles. The minimum absolute atomic E-state index is 0.0799. The van der Waals surface area contributed by atoms with Crippen LogP contribution in [0, 0.1) is 12.3 Å². The fourth-order valence-corrected chi connectivity index (χ4v) is 4.09. The van der Waals surface area contributed by atoms with E-state index in [0.29, 0.717) is 38.3 Å². The normalized spacial score (nSPS) is 10.9. The number of benzene rings is 2. The van der Waals surface area contributed by atoms with E-state index in [1.54, 1.807) is 35.9 Å². The number of hydrogen-bond acceptors (Lipinski definition) is 6. The van der Waals surface area contributed by atoms with Gasteiger partial charge in [-0.05, 0) is 31.2 Å². The molecule has 0 fully saturated rings. The van der Waals surface area contributed by atoms with Gasteiger partial charge in [0.05, 0.1) is 34.6 Å². The Morgan fingerprint density at radius 2 is 2.10 bits per heavy atom. The van der Waals surface area contributed by atoms with Crippen molar-refractivity contribution in [1.82, 2.24) is 19.7 Å². The fraction of sp³-hybridized carbons (Fsp3) is 0.143. The van der Waals surface area contributed by atoms with Gasteiger partial charge in [-0.15, -0.1) is 0 Å². The number of fused-ring (bicyclic) bond motifs is 1. The zero-order chi connectivity index (χ0) is 22.0. The lowest BCUT2D eigenvalue weighted by Crippen LogP contribution is -2.23. The Balaban J connectivity index is 1.70. The Morgan fingerprint density at radius 3 is 2.87 bits per heavy atom. The summed E-state index contributed by atoms with van der Waals surface area (Å²) >= 11 is 7.33. The van der Waals surface area contributed by atoms with Gasteiger partial charge in [0.1, 0.15) is 11.2 Å². The predicted molar refractivity (Wildman–Crippen MR) is 121 cm³/mol. The molecule has 0 atom stereocenters. The number of amides is 1. The van der Waals surface area contributed by atoms with Crippen LogP contribution in [0.2, 0.25) is 5.02 Å². The molecular formula is C21H19ClN6O2S. The Morgan fingerprint density at radius 1 is 1.29 bits per heavy atom. The summed E-state index contributed by atoms with van der Waals surface area (Å²) in [4.78, 5) is 17.1. The number of nitrogens with one attached hydrogen (secondary N) is 3. The van der Waals surface area contributed by atoms with Gasteiger partial charge in [-0.1, -0.05) is 41.6 Å². The molecule has 0 saturated carbocycles. The number of aromatic nitrogens is 4. The lowest BCUT2D eigenvalue weighted by atomic mass is 10.2. The minimum Gasteiger partial charge on any atom is -0.497 e. The quantitative estimate of drug-likeness (QED) is 0.302. The second-order valence-corrected chi connectivity index (χ2v) is 7.99. The Hall–Kier alpha value is -3.30. The Kier molecular flexibility index (Phi) is 5.97. The van der Waals surface area contributed by atoms with Crippen LogP contribution < -0.4 is 15.5 Å². The van der Waals surface area contributed by atoms with E-state index in [0.717, 1.165) is 5.69 Å². The van der Waals surface area contributed by atoms with Crippen molar-refractivity contribution in [3.63, 3.8) is 0 Å². The first-order valence-corrected chi connectivity index (χ1v) is 10.7. The van der Waals surface area contributed by atoms with Crippen LogP contribution in [0.1, 0.15) is 5.69 Å². The highest BCUT2D eigenvalue weighted by Crippen LogP contribution is 2.25. The molecule has 4 rings (SSSR count). The fourth-order valence-electron chi connectivity index (χ4n) is 3.09. The molecule has 0 radical (unpaired) electrons. The number of H-pyrrole nitrogens is 1. The minimum atomic E-state index is -0.234. The standard InChI is InChI=1S/C21H19ClN6O2S/c1-12-18-19(23)28(13-6-5-7-14(10-13)30-2)21(25-20(18)27-26-12)31-11-17(29)24-16-9-4-3-8-15(16)22/h3-10,23H,11H2,1-2H3,(H,24,29)(H,26,27). The zero-order valence-corrected chi connectivity index (χ0v) is 18.3. The molecule has 2 aromatic carbocycles. The molecule has 0 aliphatic carbocycles. The van der Waals surface area contributed by atoms with Crippen LogP contribution in [0.25, 0.3) is 16.7 Å². The van der Waals surface area contributed by atoms with Crippen LogP contribution in [0.5, 0.6) is 5.75 Å². The van der Waals surface area contributed by atoms with Crippen LogP contribution >= 0.6 is 23.4 Å². The molecule has 158 valence electrons. The van der Waals surface area contributed by atoms with Crippen molar-refractivity contribution in [1.29, 1.82) is 5.41 Å². The summed E-state index contributed by atoms with van der Waals surface area (Å²) < 4.78 is 7.01. The number of anilines is 1. The van der Waals surface area contributed by atoms with E-state index >= 15 is 0 Å². The number of aromatic amines is 1. The van der Waals surface area contributed by atoms with Gasteiger partial charge in [-0.25, -0.2) is 4.98 Å². The number of halogens is 1. The van der Waals surface area contributed by atoms with Crippen LogP contribution in [0.4, 0.5) is 5.69 Å². The van der Waals surface area contributed by atoms with Crippen LogP contribution in [0.15, 0.2) is 53.7 Å². The first kappa shape index (κ1) is 21.0. The highest BCUT2D eigenvalue weighted by Gasteiger charge is 2.17. The van der Waals surface area contributed by atoms with Crippen molar-refractivity contribution in [2.45, 2.75) is 12.1 Å². The number of para-hydroxylation sites is 1. The number of hydrogen-bond donors (Lipinski definition) is 3. The maximum absolute atomic E-state index is 12.5. The number of thioether (sulfide) groups is 1. The molecule has 0 bridgehead atoms. The monoisotopic (exact) mass is 454 g/mol. The molecule has 2 aromatic heterocycles. The highest BCUT2D eigenvalue weighted by molar-refractivity contribution is 7.99. The van der Waals surface area contributed by atoms with E-state index in [9.17, 15) is 4.79 Å². The third-order valence-electron chi connectivity index (χ3n) is 4.57. The SMILES string of the molecule is COc1cccc(-n2c(SCC(=O)Nc3ccccc3Cl)nc3n[nH]c(C)c3c2=N)c1. The summed E-state index contributed by atoms with van der Waals surface area (Å²) in [5.41, 5.74) is 2.64. The van der Waals surface area contributed by atoms with Gasteiger partial charge in [-0.3, -0.25) is 19.9 Å². The molecule has 2 heterocycles. The maximum atomic E-state index is 12.5. The maximum Gasteiger partial charge on any atom is 0.234 e.